The molecule has 2 aromatic heterocycles. The summed E-state index contributed by atoms with van der Waals surface area (Å²) < 4.78 is 10.8. The van der Waals surface area contributed by atoms with E-state index in [9.17, 15) is 0 Å². The molecule has 0 radical (unpaired) electrons. The zero-order valence-electron chi connectivity index (χ0n) is 11.7. The summed E-state index contributed by atoms with van der Waals surface area (Å²) >= 11 is 0. The maximum Gasteiger partial charge on any atom is 0.244 e. The molecule has 1 aliphatic rings. The van der Waals surface area contributed by atoms with Crippen molar-refractivity contribution < 1.29 is 9.26 Å². The fraction of sp³-hybridized carbons (Fsp3) is 0.500. The third-order valence-electron chi connectivity index (χ3n) is 3.66. The predicted octanol–water partition coefficient (Wildman–Crippen LogP) is 1.74. The Morgan fingerprint density at radius 3 is 2.85 bits per heavy atom. The van der Waals surface area contributed by atoms with E-state index in [1.165, 1.54) is 5.56 Å². The minimum atomic E-state index is 0.120. The first-order chi connectivity index (χ1) is 9.76. The van der Waals surface area contributed by atoms with Gasteiger partial charge in [0, 0.05) is 32.6 Å². The second-order valence-corrected chi connectivity index (χ2v) is 5.07. The van der Waals surface area contributed by atoms with Crippen molar-refractivity contribution in [1.82, 2.24) is 20.0 Å². The topological polar surface area (TPSA) is 64.3 Å². The lowest BCUT2D eigenvalue weighted by Crippen LogP contribution is -2.25. The van der Waals surface area contributed by atoms with Gasteiger partial charge in [-0.15, -0.1) is 0 Å². The molecule has 1 fully saturated rings. The number of hydrogen-bond acceptors (Lipinski definition) is 6. The molecule has 0 aromatic carbocycles. The van der Waals surface area contributed by atoms with E-state index < -0.39 is 0 Å². The zero-order chi connectivity index (χ0) is 13.9. The Kier molecular flexibility index (Phi) is 3.75. The Balaban J connectivity index is 1.79. The van der Waals surface area contributed by atoms with Gasteiger partial charge in [-0.3, -0.25) is 9.88 Å². The molecule has 6 nitrogen and oxygen atoms in total. The number of pyridine rings is 1. The van der Waals surface area contributed by atoms with Gasteiger partial charge in [0.25, 0.3) is 0 Å². The van der Waals surface area contributed by atoms with Crippen molar-refractivity contribution in [2.75, 3.05) is 13.7 Å². The number of methoxy groups -OCH3 is 1. The first kappa shape index (κ1) is 13.2. The minimum absolute atomic E-state index is 0.120. The van der Waals surface area contributed by atoms with Crippen LogP contribution in [0.4, 0.5) is 0 Å². The third kappa shape index (κ3) is 2.71. The SMILES string of the molecule is CO[C@H]1C[C@H](c2nc(C)no2)N(Cc2ccncc2)C1. The summed E-state index contributed by atoms with van der Waals surface area (Å²) in [6, 6.07) is 4.17. The van der Waals surface area contributed by atoms with Gasteiger partial charge in [-0.05, 0) is 31.0 Å². The highest BCUT2D eigenvalue weighted by Crippen LogP contribution is 2.33. The molecule has 0 amide bonds. The molecule has 6 heteroatoms. The molecular formula is C14H18N4O2. The van der Waals surface area contributed by atoms with E-state index in [4.69, 9.17) is 9.26 Å². The van der Waals surface area contributed by atoms with Crippen LogP contribution in [0.3, 0.4) is 0 Å². The molecule has 0 N–H and O–H groups in total. The van der Waals surface area contributed by atoms with Crippen molar-refractivity contribution >= 4 is 0 Å². The lowest BCUT2D eigenvalue weighted by atomic mass is 10.2. The van der Waals surface area contributed by atoms with Crippen molar-refractivity contribution in [3.05, 3.63) is 41.8 Å². The van der Waals surface area contributed by atoms with Crippen LogP contribution in [0.2, 0.25) is 0 Å². The first-order valence-corrected chi connectivity index (χ1v) is 6.72. The van der Waals surface area contributed by atoms with Gasteiger partial charge in [-0.1, -0.05) is 5.16 Å². The summed E-state index contributed by atoms with van der Waals surface area (Å²) in [7, 11) is 1.75. The minimum Gasteiger partial charge on any atom is -0.380 e. The van der Waals surface area contributed by atoms with Crippen LogP contribution in [-0.4, -0.2) is 39.8 Å². The maximum absolute atomic E-state index is 5.49. The molecular weight excluding hydrogens is 256 g/mol. The highest BCUT2D eigenvalue weighted by Gasteiger charge is 2.36. The highest BCUT2D eigenvalue weighted by atomic mass is 16.5. The number of hydrogen-bond donors (Lipinski definition) is 0. The second-order valence-electron chi connectivity index (χ2n) is 5.07. The predicted molar refractivity (Wildman–Crippen MR) is 71.8 cm³/mol. The Morgan fingerprint density at radius 1 is 1.40 bits per heavy atom. The van der Waals surface area contributed by atoms with E-state index in [1.54, 1.807) is 7.11 Å². The summed E-state index contributed by atoms with van der Waals surface area (Å²) in [5.41, 5.74) is 1.22. The number of rotatable bonds is 4. The Labute approximate surface area is 117 Å². The van der Waals surface area contributed by atoms with Gasteiger partial charge in [0.15, 0.2) is 5.82 Å². The average molecular weight is 274 g/mol. The fourth-order valence-electron chi connectivity index (χ4n) is 2.64. The van der Waals surface area contributed by atoms with E-state index in [-0.39, 0.29) is 12.1 Å². The van der Waals surface area contributed by atoms with Crippen molar-refractivity contribution in [3.63, 3.8) is 0 Å². The van der Waals surface area contributed by atoms with E-state index >= 15 is 0 Å². The molecule has 2 aromatic rings. The van der Waals surface area contributed by atoms with Crippen LogP contribution < -0.4 is 0 Å². The van der Waals surface area contributed by atoms with Crippen LogP contribution >= 0.6 is 0 Å². The number of aryl methyl sites for hydroxylation is 1. The summed E-state index contributed by atoms with van der Waals surface area (Å²) in [6.45, 7) is 3.53. The Bertz CT molecular complexity index is 557. The molecule has 106 valence electrons. The fourth-order valence-corrected chi connectivity index (χ4v) is 2.64. The number of ether oxygens (including phenoxy) is 1. The Morgan fingerprint density at radius 2 is 2.20 bits per heavy atom. The van der Waals surface area contributed by atoms with Crippen LogP contribution in [0.1, 0.15) is 29.7 Å². The van der Waals surface area contributed by atoms with Gasteiger partial charge in [0.2, 0.25) is 5.89 Å². The van der Waals surface area contributed by atoms with Crippen molar-refractivity contribution in [2.45, 2.75) is 32.0 Å². The van der Waals surface area contributed by atoms with Gasteiger partial charge < -0.3 is 9.26 Å². The molecule has 2 atom stereocenters. The summed E-state index contributed by atoms with van der Waals surface area (Å²) in [5, 5.41) is 3.89. The van der Waals surface area contributed by atoms with Crippen LogP contribution in [0.15, 0.2) is 29.0 Å². The largest absolute Gasteiger partial charge is 0.380 e. The quantitative estimate of drug-likeness (QED) is 0.846. The molecule has 1 aliphatic heterocycles. The van der Waals surface area contributed by atoms with Gasteiger partial charge >= 0.3 is 0 Å². The summed E-state index contributed by atoms with van der Waals surface area (Å²) in [4.78, 5) is 10.7. The molecule has 0 aliphatic carbocycles. The van der Waals surface area contributed by atoms with E-state index in [2.05, 4.69) is 20.0 Å². The maximum atomic E-state index is 5.49. The molecule has 3 heterocycles. The number of nitrogens with zero attached hydrogens (tertiary/aromatic N) is 4. The zero-order valence-corrected chi connectivity index (χ0v) is 11.7. The van der Waals surface area contributed by atoms with Crippen LogP contribution in [0.25, 0.3) is 0 Å². The highest BCUT2D eigenvalue weighted by molar-refractivity contribution is 5.11. The molecule has 0 bridgehead atoms. The monoisotopic (exact) mass is 274 g/mol. The van der Waals surface area contributed by atoms with Crippen molar-refractivity contribution in [1.29, 1.82) is 0 Å². The molecule has 0 unspecified atom stereocenters. The molecule has 0 saturated carbocycles. The van der Waals surface area contributed by atoms with Gasteiger partial charge in [0.1, 0.15) is 0 Å². The average Bonchev–Trinajstić information content (AvgIpc) is 3.06. The summed E-state index contributed by atoms with van der Waals surface area (Å²) in [5.74, 6) is 1.35. The smallest absolute Gasteiger partial charge is 0.244 e. The van der Waals surface area contributed by atoms with Crippen molar-refractivity contribution in [2.24, 2.45) is 0 Å². The molecule has 3 rings (SSSR count). The van der Waals surface area contributed by atoms with E-state index in [0.29, 0.717) is 11.7 Å². The Hall–Kier alpha value is -1.79. The van der Waals surface area contributed by atoms with Crippen LogP contribution in [-0.2, 0) is 11.3 Å². The van der Waals surface area contributed by atoms with Crippen LogP contribution in [0, 0.1) is 6.92 Å². The molecule has 0 spiro atoms. The first-order valence-electron chi connectivity index (χ1n) is 6.72. The second kappa shape index (κ2) is 5.68. The van der Waals surface area contributed by atoms with E-state index in [1.807, 2.05) is 31.5 Å². The van der Waals surface area contributed by atoms with Gasteiger partial charge in [-0.2, -0.15) is 4.98 Å². The molecule has 20 heavy (non-hydrogen) atoms. The van der Waals surface area contributed by atoms with E-state index in [0.717, 1.165) is 19.5 Å². The third-order valence-corrected chi connectivity index (χ3v) is 3.66. The molecule has 1 saturated heterocycles. The summed E-state index contributed by atoms with van der Waals surface area (Å²) in [6.07, 6.45) is 4.70. The van der Waals surface area contributed by atoms with Gasteiger partial charge in [0.05, 0.1) is 12.1 Å². The normalized spacial score (nSPS) is 23.3. The lowest BCUT2D eigenvalue weighted by Gasteiger charge is -2.21. The van der Waals surface area contributed by atoms with Crippen molar-refractivity contribution in [3.8, 4) is 0 Å². The van der Waals surface area contributed by atoms with Crippen LogP contribution in [0.5, 0.6) is 0 Å². The standard InChI is InChI=1S/C14H18N4O2/c1-10-16-14(20-17-10)13-7-12(19-2)9-18(13)8-11-3-5-15-6-4-11/h3-6,12-13H,7-9H2,1-2H3/t12-,13+/m0/s1. The number of likely N-dealkylation sites (tertiary alicyclic amines) is 1. The lowest BCUT2D eigenvalue weighted by molar-refractivity contribution is 0.107. The van der Waals surface area contributed by atoms with Gasteiger partial charge in [-0.25, -0.2) is 0 Å². The number of aromatic nitrogens is 3.